The first-order valence-corrected chi connectivity index (χ1v) is 9.56. The molecule has 4 aromatic rings. The quantitative estimate of drug-likeness (QED) is 0.272. The highest BCUT2D eigenvalue weighted by molar-refractivity contribution is 5.96. The summed E-state index contributed by atoms with van der Waals surface area (Å²) in [6.07, 6.45) is 0. The minimum absolute atomic E-state index is 0.178. The van der Waals surface area contributed by atoms with Crippen molar-refractivity contribution in [3.8, 4) is 11.5 Å². The van der Waals surface area contributed by atoms with Gasteiger partial charge in [-0.25, -0.2) is 14.4 Å². The first-order valence-electron chi connectivity index (χ1n) is 9.56. The summed E-state index contributed by atoms with van der Waals surface area (Å²) in [5.41, 5.74) is 6.88. The molecule has 32 heavy (non-hydrogen) atoms. The van der Waals surface area contributed by atoms with Crippen LogP contribution in [0.15, 0.2) is 84.9 Å². The second-order valence-corrected chi connectivity index (χ2v) is 6.95. The second kappa shape index (κ2) is 8.61. The lowest BCUT2D eigenvalue weighted by molar-refractivity contribution is 0.0693. The fourth-order valence-corrected chi connectivity index (χ4v) is 3.03. The summed E-state index contributed by atoms with van der Waals surface area (Å²) >= 11 is 0. The second-order valence-electron chi connectivity index (χ2n) is 6.95. The Kier molecular flexibility index (Phi) is 5.55. The maximum absolute atomic E-state index is 12.5. The highest BCUT2D eigenvalue weighted by Crippen LogP contribution is 2.23. The van der Waals surface area contributed by atoms with Gasteiger partial charge in [-0.2, -0.15) is 0 Å². The summed E-state index contributed by atoms with van der Waals surface area (Å²) in [6, 6.07) is 21.9. The Hall–Kier alpha value is -4.65. The van der Waals surface area contributed by atoms with E-state index in [9.17, 15) is 14.4 Å². The molecule has 0 atom stereocenters. The first kappa shape index (κ1) is 20.6. The Balaban J connectivity index is 1.44. The molecule has 0 bridgehead atoms. The van der Waals surface area contributed by atoms with Crippen LogP contribution in [0.2, 0.25) is 0 Å². The monoisotopic (exact) mass is 427 g/mol. The van der Waals surface area contributed by atoms with Crippen molar-refractivity contribution in [3.63, 3.8) is 0 Å². The average Bonchev–Trinajstić information content (AvgIpc) is 2.80. The number of carboxylic acid groups (broad SMARTS) is 1. The molecule has 0 amide bonds. The molecular weight excluding hydrogens is 410 g/mol. The van der Waals surface area contributed by atoms with Crippen LogP contribution in [0, 0.1) is 0 Å². The number of nitrogens with two attached hydrogens (primary N) is 1. The SMILES string of the molecule is Nc1ccc(OC(=O)c2ccc(C(=O)Oc3ccc4cc(C(=O)O)ccc4c3)cc2)cc1. The van der Waals surface area contributed by atoms with Gasteiger partial charge < -0.3 is 20.3 Å². The number of carbonyl (C=O) groups is 3. The molecule has 0 aliphatic rings. The fourth-order valence-electron chi connectivity index (χ4n) is 3.03. The highest BCUT2D eigenvalue weighted by atomic mass is 16.5. The van der Waals surface area contributed by atoms with E-state index < -0.39 is 17.9 Å². The topological polar surface area (TPSA) is 116 Å². The van der Waals surface area contributed by atoms with Gasteiger partial charge >= 0.3 is 17.9 Å². The summed E-state index contributed by atoms with van der Waals surface area (Å²) in [5.74, 6) is -1.49. The molecule has 4 aromatic carbocycles. The Morgan fingerprint density at radius 2 is 1.06 bits per heavy atom. The van der Waals surface area contributed by atoms with Gasteiger partial charge in [0.05, 0.1) is 16.7 Å². The Morgan fingerprint density at radius 3 is 1.66 bits per heavy atom. The van der Waals surface area contributed by atoms with Crippen molar-refractivity contribution in [1.29, 1.82) is 0 Å². The number of nitrogen functional groups attached to an aromatic ring is 1. The molecule has 0 radical (unpaired) electrons. The van der Waals surface area contributed by atoms with Crippen LogP contribution >= 0.6 is 0 Å². The third-order valence-electron chi connectivity index (χ3n) is 4.72. The molecule has 7 nitrogen and oxygen atoms in total. The van der Waals surface area contributed by atoms with Crippen LogP contribution in [0.1, 0.15) is 31.1 Å². The van der Waals surface area contributed by atoms with E-state index in [1.54, 1.807) is 54.6 Å². The number of aromatic carboxylic acids is 1. The van der Waals surface area contributed by atoms with Crippen LogP contribution in [0.3, 0.4) is 0 Å². The maximum Gasteiger partial charge on any atom is 0.343 e. The van der Waals surface area contributed by atoms with E-state index in [0.29, 0.717) is 22.6 Å². The molecule has 0 spiro atoms. The van der Waals surface area contributed by atoms with Crippen molar-refractivity contribution in [1.82, 2.24) is 0 Å². The summed E-state index contributed by atoms with van der Waals surface area (Å²) in [5, 5.41) is 10.5. The standard InChI is InChI=1S/C25H17NO6/c26-20-8-11-21(12-9-20)31-24(29)15-1-3-16(4-2-15)25(30)32-22-10-7-17-13-19(23(27)28)6-5-18(17)14-22/h1-14H,26H2,(H,27,28). The largest absolute Gasteiger partial charge is 0.478 e. The molecule has 158 valence electrons. The predicted molar refractivity (Wildman–Crippen MR) is 118 cm³/mol. The van der Waals surface area contributed by atoms with Crippen molar-refractivity contribution >= 4 is 34.4 Å². The molecule has 3 N–H and O–H groups in total. The van der Waals surface area contributed by atoms with Gasteiger partial charge in [-0.1, -0.05) is 12.1 Å². The van der Waals surface area contributed by atoms with E-state index in [0.717, 1.165) is 5.39 Å². The van der Waals surface area contributed by atoms with Crippen molar-refractivity contribution in [3.05, 3.63) is 102 Å². The van der Waals surface area contributed by atoms with E-state index in [4.69, 9.17) is 20.3 Å². The minimum atomic E-state index is -1.01. The fraction of sp³-hybridized carbons (Fsp3) is 0. The number of hydrogen-bond donors (Lipinski definition) is 2. The molecule has 0 aliphatic carbocycles. The number of carbonyl (C=O) groups excluding carboxylic acids is 2. The molecule has 0 heterocycles. The number of benzene rings is 4. The Labute approximate surface area is 182 Å². The van der Waals surface area contributed by atoms with Crippen LogP contribution < -0.4 is 15.2 Å². The summed E-state index contributed by atoms with van der Waals surface area (Å²) < 4.78 is 10.7. The van der Waals surface area contributed by atoms with Gasteiger partial charge in [-0.05, 0) is 83.6 Å². The molecular formula is C25H17NO6. The van der Waals surface area contributed by atoms with Crippen LogP contribution in [0.5, 0.6) is 11.5 Å². The molecule has 0 saturated carbocycles. The van der Waals surface area contributed by atoms with Gasteiger partial charge in [0.1, 0.15) is 11.5 Å². The number of fused-ring (bicyclic) bond motifs is 1. The lowest BCUT2D eigenvalue weighted by Crippen LogP contribution is -2.11. The molecule has 4 rings (SSSR count). The number of esters is 2. The lowest BCUT2D eigenvalue weighted by Gasteiger charge is -2.08. The van der Waals surface area contributed by atoms with Crippen molar-refractivity contribution < 1.29 is 29.0 Å². The van der Waals surface area contributed by atoms with Gasteiger partial charge in [0.25, 0.3) is 0 Å². The maximum atomic E-state index is 12.5. The number of ether oxygens (including phenoxy) is 2. The first-order chi connectivity index (χ1) is 15.4. The van der Waals surface area contributed by atoms with Gasteiger partial charge in [-0.15, -0.1) is 0 Å². The summed E-state index contributed by atoms with van der Waals surface area (Å²) in [4.78, 5) is 35.8. The highest BCUT2D eigenvalue weighted by Gasteiger charge is 2.13. The number of rotatable bonds is 5. The molecule has 0 aromatic heterocycles. The lowest BCUT2D eigenvalue weighted by atomic mass is 10.1. The normalized spacial score (nSPS) is 10.5. The predicted octanol–water partition coefficient (Wildman–Crippen LogP) is 4.56. The molecule has 0 saturated heterocycles. The third kappa shape index (κ3) is 4.57. The van der Waals surface area contributed by atoms with Gasteiger partial charge in [0.2, 0.25) is 0 Å². The van der Waals surface area contributed by atoms with E-state index >= 15 is 0 Å². The zero-order chi connectivity index (χ0) is 22.7. The smallest absolute Gasteiger partial charge is 0.343 e. The third-order valence-corrected chi connectivity index (χ3v) is 4.72. The van der Waals surface area contributed by atoms with E-state index in [2.05, 4.69) is 0 Å². The zero-order valence-corrected chi connectivity index (χ0v) is 16.6. The van der Waals surface area contributed by atoms with Gasteiger partial charge in [0, 0.05) is 5.69 Å². The van der Waals surface area contributed by atoms with E-state index in [-0.39, 0.29) is 16.7 Å². The molecule has 0 unspecified atom stereocenters. The molecule has 0 fully saturated rings. The van der Waals surface area contributed by atoms with Crippen molar-refractivity contribution in [2.24, 2.45) is 0 Å². The van der Waals surface area contributed by atoms with E-state index in [1.165, 1.54) is 30.3 Å². The number of carboxylic acids is 1. The number of hydrogen-bond acceptors (Lipinski definition) is 6. The van der Waals surface area contributed by atoms with Gasteiger partial charge in [0.15, 0.2) is 0 Å². The Bertz CT molecular complexity index is 1330. The van der Waals surface area contributed by atoms with Crippen molar-refractivity contribution in [2.75, 3.05) is 5.73 Å². The van der Waals surface area contributed by atoms with Crippen LogP contribution in [0.25, 0.3) is 10.8 Å². The average molecular weight is 427 g/mol. The van der Waals surface area contributed by atoms with Gasteiger partial charge in [-0.3, -0.25) is 0 Å². The van der Waals surface area contributed by atoms with Crippen LogP contribution in [-0.2, 0) is 0 Å². The van der Waals surface area contributed by atoms with Crippen LogP contribution in [-0.4, -0.2) is 23.0 Å². The molecule has 0 aliphatic heterocycles. The minimum Gasteiger partial charge on any atom is -0.478 e. The Morgan fingerprint density at radius 1 is 0.594 bits per heavy atom. The zero-order valence-electron chi connectivity index (χ0n) is 16.6. The van der Waals surface area contributed by atoms with Crippen LogP contribution in [0.4, 0.5) is 5.69 Å². The van der Waals surface area contributed by atoms with E-state index in [1.807, 2.05) is 0 Å². The number of anilines is 1. The summed E-state index contributed by atoms with van der Waals surface area (Å²) in [6.45, 7) is 0. The molecule has 7 heteroatoms. The van der Waals surface area contributed by atoms with Crippen molar-refractivity contribution in [2.45, 2.75) is 0 Å². The summed E-state index contributed by atoms with van der Waals surface area (Å²) in [7, 11) is 0.